The first-order valence-corrected chi connectivity index (χ1v) is 12.5. The van der Waals surface area contributed by atoms with E-state index < -0.39 is 10.0 Å². The first-order chi connectivity index (χ1) is 15.9. The predicted molar refractivity (Wildman–Crippen MR) is 129 cm³/mol. The van der Waals surface area contributed by atoms with Crippen LogP contribution in [-0.4, -0.2) is 33.4 Å². The molecule has 1 N–H and O–H groups in total. The Morgan fingerprint density at radius 1 is 1.06 bits per heavy atom. The maximum atomic E-state index is 13.0. The molecule has 0 saturated heterocycles. The van der Waals surface area contributed by atoms with Gasteiger partial charge in [-0.25, -0.2) is 8.42 Å². The van der Waals surface area contributed by atoms with Gasteiger partial charge in [-0.1, -0.05) is 48.5 Å². The van der Waals surface area contributed by atoms with Crippen molar-refractivity contribution < 1.29 is 17.9 Å². The van der Waals surface area contributed by atoms with Gasteiger partial charge in [-0.2, -0.15) is 0 Å². The number of ether oxygens (including phenoxy) is 1. The molecule has 0 saturated carbocycles. The highest BCUT2D eigenvalue weighted by Crippen LogP contribution is 2.36. The van der Waals surface area contributed by atoms with Crippen molar-refractivity contribution in [2.75, 3.05) is 18.9 Å². The number of anilines is 1. The predicted octanol–water partition coefficient (Wildman–Crippen LogP) is 4.57. The Kier molecular flexibility index (Phi) is 6.70. The van der Waals surface area contributed by atoms with Gasteiger partial charge in [0.2, 0.25) is 5.91 Å². The van der Waals surface area contributed by atoms with Crippen molar-refractivity contribution in [3.05, 3.63) is 89.5 Å². The van der Waals surface area contributed by atoms with Crippen LogP contribution in [0.2, 0.25) is 0 Å². The van der Waals surface area contributed by atoms with Crippen LogP contribution in [0.1, 0.15) is 35.6 Å². The van der Waals surface area contributed by atoms with Crippen LogP contribution in [0, 0.1) is 0 Å². The molecular formula is C26H28N2O4S. The molecule has 1 aliphatic rings. The highest BCUT2D eigenvalue weighted by atomic mass is 32.2. The first-order valence-electron chi connectivity index (χ1n) is 11.0. The summed E-state index contributed by atoms with van der Waals surface area (Å²) in [7, 11) is -0.558. The lowest BCUT2D eigenvalue weighted by Crippen LogP contribution is -2.34. The molecule has 0 spiro atoms. The van der Waals surface area contributed by atoms with Crippen LogP contribution < -0.4 is 9.46 Å². The summed E-state index contributed by atoms with van der Waals surface area (Å²) >= 11 is 0. The van der Waals surface area contributed by atoms with Crippen molar-refractivity contribution in [2.24, 2.45) is 0 Å². The molecule has 172 valence electrons. The average Bonchev–Trinajstić information content (AvgIpc) is 2.83. The molecule has 0 heterocycles. The molecule has 1 atom stereocenters. The maximum Gasteiger partial charge on any atom is 0.265 e. The molecule has 0 fully saturated rings. The normalized spacial score (nSPS) is 15.4. The third kappa shape index (κ3) is 5.03. The van der Waals surface area contributed by atoms with Gasteiger partial charge in [0, 0.05) is 12.7 Å². The summed E-state index contributed by atoms with van der Waals surface area (Å²) in [5, 5.41) is 0. The smallest absolute Gasteiger partial charge is 0.265 e. The highest BCUT2D eigenvalue weighted by Gasteiger charge is 2.28. The molecule has 1 amide bonds. The van der Waals surface area contributed by atoms with Gasteiger partial charge in [0.25, 0.3) is 10.0 Å². The van der Waals surface area contributed by atoms with E-state index >= 15 is 0 Å². The molecule has 1 unspecified atom stereocenters. The first kappa shape index (κ1) is 22.9. The van der Waals surface area contributed by atoms with Gasteiger partial charge in [0.15, 0.2) is 0 Å². The third-order valence-corrected chi connectivity index (χ3v) is 7.52. The Hall–Kier alpha value is -3.32. The molecule has 3 aromatic carbocycles. The van der Waals surface area contributed by atoms with Crippen LogP contribution >= 0.6 is 0 Å². The second-order valence-electron chi connectivity index (χ2n) is 8.24. The quantitative estimate of drug-likeness (QED) is 0.556. The topological polar surface area (TPSA) is 75.7 Å². The zero-order chi connectivity index (χ0) is 23.4. The van der Waals surface area contributed by atoms with E-state index in [1.54, 1.807) is 29.2 Å². The van der Waals surface area contributed by atoms with Crippen LogP contribution in [0.3, 0.4) is 0 Å². The van der Waals surface area contributed by atoms with Crippen molar-refractivity contribution in [2.45, 2.75) is 36.6 Å². The maximum absolute atomic E-state index is 13.0. The second kappa shape index (κ2) is 9.67. The largest absolute Gasteiger partial charge is 0.495 e. The van der Waals surface area contributed by atoms with Crippen LogP contribution in [0.15, 0.2) is 77.7 Å². The number of rotatable bonds is 7. The summed E-state index contributed by atoms with van der Waals surface area (Å²) in [4.78, 5) is 14.9. The molecular weight excluding hydrogens is 436 g/mol. The van der Waals surface area contributed by atoms with Gasteiger partial charge >= 0.3 is 0 Å². The van der Waals surface area contributed by atoms with E-state index in [0.29, 0.717) is 12.1 Å². The fraction of sp³-hybridized carbons (Fsp3) is 0.269. The summed E-state index contributed by atoms with van der Waals surface area (Å²) in [5.74, 6) is 0.325. The number of nitrogens with zero attached hydrogens (tertiary/aromatic N) is 1. The SMILES string of the molecule is COc1ccccc1S(=O)(=O)Nc1ccc2c(c1)C(N(C)C(=O)Cc1ccccc1)CCC2. The fourth-order valence-corrected chi connectivity index (χ4v) is 5.58. The Morgan fingerprint density at radius 2 is 1.79 bits per heavy atom. The second-order valence-corrected chi connectivity index (χ2v) is 9.90. The van der Waals surface area contributed by atoms with Crippen LogP contribution in [0.4, 0.5) is 5.69 Å². The number of hydrogen-bond donors (Lipinski definition) is 1. The van der Waals surface area contributed by atoms with Gasteiger partial charge < -0.3 is 9.64 Å². The molecule has 3 aromatic rings. The average molecular weight is 465 g/mol. The highest BCUT2D eigenvalue weighted by molar-refractivity contribution is 7.92. The molecule has 33 heavy (non-hydrogen) atoms. The lowest BCUT2D eigenvalue weighted by Gasteiger charge is -2.34. The number of methoxy groups -OCH3 is 1. The standard InChI is InChI=1S/C26H28N2O4S/c1-28(26(29)17-19-9-4-3-5-10-19)23-12-8-11-20-15-16-21(18-22(20)23)27-33(30,31)25-14-7-6-13-24(25)32-2/h3-7,9-10,13-16,18,23,27H,8,11-12,17H2,1-2H3. The van der Waals surface area contributed by atoms with Crippen molar-refractivity contribution >= 4 is 21.6 Å². The van der Waals surface area contributed by atoms with Gasteiger partial charge in [-0.3, -0.25) is 9.52 Å². The minimum Gasteiger partial charge on any atom is -0.495 e. The lowest BCUT2D eigenvalue weighted by molar-refractivity contribution is -0.131. The number of fused-ring (bicyclic) bond motifs is 1. The Bertz CT molecular complexity index is 1240. The number of carbonyl (C=O) groups is 1. The summed E-state index contributed by atoms with van der Waals surface area (Å²) in [5.41, 5.74) is 3.58. The number of likely N-dealkylation sites (N-methyl/N-ethyl adjacent to an activating group) is 1. The Labute approximate surface area is 195 Å². The van der Waals surface area contributed by atoms with Crippen LogP contribution in [0.25, 0.3) is 0 Å². The number of para-hydroxylation sites is 1. The van der Waals surface area contributed by atoms with Gasteiger partial charge in [-0.15, -0.1) is 0 Å². The number of amides is 1. The van der Waals surface area contributed by atoms with Gasteiger partial charge in [-0.05, 0) is 60.2 Å². The van der Waals surface area contributed by atoms with Crippen molar-refractivity contribution in [1.82, 2.24) is 4.90 Å². The molecule has 0 radical (unpaired) electrons. The molecule has 0 aliphatic heterocycles. The van der Waals surface area contributed by atoms with E-state index in [-0.39, 0.29) is 22.6 Å². The monoisotopic (exact) mass is 464 g/mol. The van der Waals surface area contributed by atoms with Crippen LogP contribution in [-0.2, 0) is 27.7 Å². The van der Waals surface area contributed by atoms with Crippen molar-refractivity contribution in [1.29, 1.82) is 0 Å². The Balaban J connectivity index is 1.58. The molecule has 7 heteroatoms. The molecule has 1 aliphatic carbocycles. The summed E-state index contributed by atoms with van der Waals surface area (Å²) in [6, 6.07) is 21.7. The number of hydrogen-bond acceptors (Lipinski definition) is 4. The van der Waals surface area contributed by atoms with E-state index in [1.165, 1.54) is 13.2 Å². The minimum absolute atomic E-state index is 0.0408. The fourth-order valence-electron chi connectivity index (χ4n) is 4.36. The van der Waals surface area contributed by atoms with Crippen molar-refractivity contribution in [3.63, 3.8) is 0 Å². The zero-order valence-corrected chi connectivity index (χ0v) is 19.6. The van der Waals surface area contributed by atoms with E-state index in [1.807, 2.05) is 49.5 Å². The number of nitrogens with one attached hydrogen (secondary N) is 1. The molecule has 6 nitrogen and oxygen atoms in total. The van der Waals surface area contributed by atoms with Crippen molar-refractivity contribution in [3.8, 4) is 5.75 Å². The lowest BCUT2D eigenvalue weighted by atomic mass is 9.86. The summed E-state index contributed by atoms with van der Waals surface area (Å²) < 4.78 is 33.9. The van der Waals surface area contributed by atoms with Gasteiger partial charge in [0.05, 0.1) is 19.6 Å². The zero-order valence-electron chi connectivity index (χ0n) is 18.8. The summed E-state index contributed by atoms with van der Waals surface area (Å²) in [6.07, 6.45) is 3.06. The van der Waals surface area contributed by atoms with Crippen LogP contribution in [0.5, 0.6) is 5.75 Å². The third-order valence-electron chi connectivity index (χ3n) is 6.10. The van der Waals surface area contributed by atoms with E-state index in [4.69, 9.17) is 4.74 Å². The molecule has 0 aromatic heterocycles. The van der Waals surface area contributed by atoms with Gasteiger partial charge in [0.1, 0.15) is 10.6 Å². The van der Waals surface area contributed by atoms with E-state index in [9.17, 15) is 13.2 Å². The minimum atomic E-state index is -3.83. The summed E-state index contributed by atoms with van der Waals surface area (Å²) in [6.45, 7) is 0. The number of carbonyl (C=O) groups excluding carboxylic acids is 1. The van der Waals surface area contributed by atoms with E-state index in [0.717, 1.165) is 36.0 Å². The molecule has 0 bridgehead atoms. The number of benzene rings is 3. The number of sulfonamides is 1. The van der Waals surface area contributed by atoms with E-state index in [2.05, 4.69) is 4.72 Å². The number of aryl methyl sites for hydroxylation is 1. The Morgan fingerprint density at radius 3 is 2.55 bits per heavy atom. The molecule has 4 rings (SSSR count).